The maximum Gasteiger partial charge on any atom is 0.248 e. The minimum atomic E-state index is -0.730. The van der Waals surface area contributed by atoms with E-state index < -0.39 is 6.10 Å². The zero-order chi connectivity index (χ0) is 14.9. The number of fused-ring (bicyclic) bond motifs is 1. The average Bonchev–Trinajstić information content (AvgIpc) is 2.38. The Morgan fingerprint density at radius 2 is 1.85 bits per heavy atom. The Morgan fingerprint density at radius 1 is 1.15 bits per heavy atom. The number of aromatic hydroxyl groups is 1. The van der Waals surface area contributed by atoms with E-state index in [1.807, 2.05) is 20.8 Å². The lowest BCUT2D eigenvalue weighted by Gasteiger charge is -2.24. The van der Waals surface area contributed by atoms with Gasteiger partial charge >= 0.3 is 0 Å². The Morgan fingerprint density at radius 3 is 2.50 bits per heavy atom. The number of pyridine rings is 1. The summed E-state index contributed by atoms with van der Waals surface area (Å²) in [5.74, 6) is -0.00174. The normalized spacial score (nSPS) is 14.7. The number of aliphatic hydroxyl groups is 1. The number of H-pyrrole nitrogens is 1. The first-order chi connectivity index (χ1) is 9.40. The van der Waals surface area contributed by atoms with E-state index in [1.165, 1.54) is 12.1 Å². The Bertz CT molecular complexity index is 664. The van der Waals surface area contributed by atoms with Crippen molar-refractivity contribution in [2.45, 2.75) is 39.0 Å². The lowest BCUT2D eigenvalue weighted by atomic mass is 9.98. The van der Waals surface area contributed by atoms with Crippen molar-refractivity contribution < 1.29 is 10.2 Å². The van der Waals surface area contributed by atoms with Gasteiger partial charge in [-0.25, -0.2) is 0 Å². The highest BCUT2D eigenvalue weighted by Crippen LogP contribution is 2.30. The van der Waals surface area contributed by atoms with Crippen molar-refractivity contribution in [3.63, 3.8) is 0 Å². The summed E-state index contributed by atoms with van der Waals surface area (Å²) < 4.78 is 0. The van der Waals surface area contributed by atoms with Crippen LogP contribution in [-0.2, 0) is 0 Å². The molecule has 1 heterocycles. The molecule has 0 spiro atoms. The quantitative estimate of drug-likeness (QED) is 0.684. The molecular formula is C15H20N2O3. The molecule has 0 saturated heterocycles. The van der Waals surface area contributed by atoms with E-state index in [9.17, 15) is 15.0 Å². The van der Waals surface area contributed by atoms with Crippen LogP contribution < -0.4 is 10.9 Å². The van der Waals surface area contributed by atoms with Crippen molar-refractivity contribution in [1.82, 2.24) is 10.3 Å². The monoisotopic (exact) mass is 276 g/mol. The van der Waals surface area contributed by atoms with Crippen LogP contribution in [-0.4, -0.2) is 27.3 Å². The molecule has 4 N–H and O–H groups in total. The van der Waals surface area contributed by atoms with Gasteiger partial charge in [-0.2, -0.15) is 0 Å². The van der Waals surface area contributed by atoms with Crippen LogP contribution in [0.5, 0.6) is 5.75 Å². The number of benzene rings is 1. The number of phenols is 1. The van der Waals surface area contributed by atoms with Crippen LogP contribution in [0.1, 0.15) is 32.4 Å². The van der Waals surface area contributed by atoms with Gasteiger partial charge in [0.25, 0.3) is 0 Å². The Balaban J connectivity index is 2.49. The molecule has 0 radical (unpaired) electrons. The maximum atomic E-state index is 11.4. The molecule has 20 heavy (non-hydrogen) atoms. The van der Waals surface area contributed by atoms with E-state index in [0.29, 0.717) is 16.5 Å². The third-order valence-electron chi connectivity index (χ3n) is 3.30. The summed E-state index contributed by atoms with van der Waals surface area (Å²) in [4.78, 5) is 14.0. The molecule has 1 aromatic heterocycles. The van der Waals surface area contributed by atoms with Crippen LogP contribution in [0.25, 0.3) is 10.9 Å². The molecule has 0 fully saturated rings. The van der Waals surface area contributed by atoms with E-state index in [1.54, 1.807) is 12.1 Å². The minimum Gasteiger partial charge on any atom is -0.506 e. The molecule has 0 aliphatic carbocycles. The van der Waals surface area contributed by atoms with Crippen LogP contribution in [0.3, 0.4) is 0 Å². The van der Waals surface area contributed by atoms with Crippen molar-refractivity contribution in [3.05, 3.63) is 40.2 Å². The third kappa shape index (κ3) is 2.84. The molecule has 2 aromatic rings. The lowest BCUT2D eigenvalue weighted by Crippen LogP contribution is -2.37. The fourth-order valence-electron chi connectivity index (χ4n) is 2.40. The molecule has 5 heteroatoms. The lowest BCUT2D eigenvalue weighted by molar-refractivity contribution is 0.133. The zero-order valence-corrected chi connectivity index (χ0v) is 11.8. The topological polar surface area (TPSA) is 85.3 Å². The largest absolute Gasteiger partial charge is 0.506 e. The van der Waals surface area contributed by atoms with Gasteiger partial charge in [0.15, 0.2) is 0 Å². The number of nitrogens with one attached hydrogen (secondary N) is 2. The van der Waals surface area contributed by atoms with Crippen molar-refractivity contribution in [1.29, 1.82) is 0 Å². The van der Waals surface area contributed by atoms with Crippen molar-refractivity contribution >= 4 is 10.9 Å². The fourth-order valence-corrected chi connectivity index (χ4v) is 2.40. The predicted octanol–water partition coefficient (Wildman–Crippen LogP) is 1.65. The Hall–Kier alpha value is -1.85. The van der Waals surface area contributed by atoms with Gasteiger partial charge in [0.05, 0.1) is 11.6 Å². The Labute approximate surface area is 117 Å². The Kier molecular flexibility index (Phi) is 4.11. The molecule has 0 bridgehead atoms. The van der Waals surface area contributed by atoms with Gasteiger partial charge in [0.2, 0.25) is 5.56 Å². The first-order valence-electron chi connectivity index (χ1n) is 6.69. The van der Waals surface area contributed by atoms with Crippen LogP contribution in [0.2, 0.25) is 0 Å². The van der Waals surface area contributed by atoms with Crippen molar-refractivity contribution in [2.24, 2.45) is 0 Å². The van der Waals surface area contributed by atoms with E-state index in [2.05, 4.69) is 10.3 Å². The molecule has 0 aliphatic rings. The van der Waals surface area contributed by atoms with Crippen molar-refractivity contribution in [2.75, 3.05) is 0 Å². The molecule has 5 nitrogen and oxygen atoms in total. The maximum absolute atomic E-state index is 11.4. The smallest absolute Gasteiger partial charge is 0.248 e. The van der Waals surface area contributed by atoms with Gasteiger partial charge in [-0.1, -0.05) is 19.9 Å². The number of aromatic amines is 1. The number of aliphatic hydroxyl groups excluding tert-OH is 1. The van der Waals surface area contributed by atoms with E-state index in [0.717, 1.165) is 0 Å². The summed E-state index contributed by atoms with van der Waals surface area (Å²) in [5.41, 5.74) is 0.744. The van der Waals surface area contributed by atoms with Crippen LogP contribution in [0, 0.1) is 0 Å². The van der Waals surface area contributed by atoms with Crippen molar-refractivity contribution in [3.8, 4) is 5.75 Å². The predicted molar refractivity (Wildman–Crippen MR) is 78.9 cm³/mol. The minimum absolute atomic E-state index is 0.00174. The SMILES string of the molecule is CC(C)NC(C)C(O)c1ccc(O)c2[nH]c(=O)ccc12. The molecule has 1 aromatic carbocycles. The second kappa shape index (κ2) is 5.64. The summed E-state index contributed by atoms with van der Waals surface area (Å²) in [5, 5.41) is 24.2. The van der Waals surface area contributed by atoms with Gasteiger partial charge in [0, 0.05) is 23.5 Å². The summed E-state index contributed by atoms with van der Waals surface area (Å²) >= 11 is 0. The molecule has 108 valence electrons. The highest BCUT2D eigenvalue weighted by Gasteiger charge is 2.20. The van der Waals surface area contributed by atoms with Gasteiger partial charge in [0.1, 0.15) is 5.75 Å². The number of aromatic nitrogens is 1. The molecule has 2 unspecified atom stereocenters. The van der Waals surface area contributed by atoms with Gasteiger partial charge < -0.3 is 20.5 Å². The fraction of sp³-hybridized carbons (Fsp3) is 0.400. The molecule has 0 aliphatic heterocycles. The summed E-state index contributed by atoms with van der Waals surface area (Å²) in [7, 11) is 0. The molecule has 2 rings (SSSR count). The van der Waals surface area contributed by atoms with Crippen LogP contribution >= 0.6 is 0 Å². The summed E-state index contributed by atoms with van der Waals surface area (Å²) in [6.45, 7) is 5.92. The highest BCUT2D eigenvalue weighted by molar-refractivity contribution is 5.87. The zero-order valence-electron chi connectivity index (χ0n) is 11.8. The standard InChI is InChI=1S/C15H20N2O3/c1-8(2)16-9(3)15(20)11-4-6-12(18)14-10(11)5-7-13(19)17-14/h4-9,15-16,18,20H,1-3H3,(H,17,19). The van der Waals surface area contributed by atoms with Gasteiger partial charge in [-0.05, 0) is 24.6 Å². The first-order valence-corrected chi connectivity index (χ1v) is 6.69. The number of phenolic OH excluding ortho intramolecular Hbond substituents is 1. The third-order valence-corrected chi connectivity index (χ3v) is 3.30. The van der Waals surface area contributed by atoms with Gasteiger partial charge in [-0.3, -0.25) is 4.79 Å². The molecular weight excluding hydrogens is 256 g/mol. The molecule has 0 saturated carbocycles. The van der Waals surface area contributed by atoms with Crippen LogP contribution in [0.15, 0.2) is 29.1 Å². The number of hydrogen-bond donors (Lipinski definition) is 4. The second-order valence-corrected chi connectivity index (χ2v) is 5.34. The first kappa shape index (κ1) is 14.6. The summed E-state index contributed by atoms with van der Waals surface area (Å²) in [6.07, 6.45) is -0.730. The number of hydrogen-bond acceptors (Lipinski definition) is 4. The second-order valence-electron chi connectivity index (χ2n) is 5.34. The number of rotatable bonds is 4. The average molecular weight is 276 g/mol. The summed E-state index contributed by atoms with van der Waals surface area (Å²) in [6, 6.07) is 6.28. The van der Waals surface area contributed by atoms with Gasteiger partial charge in [-0.15, -0.1) is 0 Å². The van der Waals surface area contributed by atoms with E-state index in [-0.39, 0.29) is 23.4 Å². The molecule has 0 amide bonds. The highest BCUT2D eigenvalue weighted by atomic mass is 16.3. The molecule has 2 atom stereocenters. The van der Waals surface area contributed by atoms with Crippen LogP contribution in [0.4, 0.5) is 0 Å². The van der Waals surface area contributed by atoms with E-state index in [4.69, 9.17) is 0 Å². The van der Waals surface area contributed by atoms with E-state index >= 15 is 0 Å².